The van der Waals surface area contributed by atoms with E-state index in [0.29, 0.717) is 91.0 Å². The van der Waals surface area contributed by atoms with Gasteiger partial charge in [-0.3, -0.25) is 19.6 Å². The lowest BCUT2D eigenvalue weighted by Gasteiger charge is -2.35. The summed E-state index contributed by atoms with van der Waals surface area (Å²) in [5.41, 5.74) is 12.0. The summed E-state index contributed by atoms with van der Waals surface area (Å²) in [5.74, 6) is 2.14. The number of benzene rings is 9. The molecule has 648 valence electrons. The third-order valence-corrected chi connectivity index (χ3v) is 24.9. The molecule has 26 heteroatoms. The number of amides is 3. The molecule has 3 aromatic heterocycles. The molecule has 20 nitrogen and oxygen atoms in total. The molecule has 3 amide bonds. The van der Waals surface area contributed by atoms with Crippen molar-refractivity contribution >= 4 is 85.8 Å². The molecule has 0 radical (unpaired) electrons. The summed E-state index contributed by atoms with van der Waals surface area (Å²) in [5, 5.41) is 5.19. The van der Waals surface area contributed by atoms with Gasteiger partial charge in [-0.25, -0.2) is 27.6 Å². The standard InChI is InChI=1S/C33H36ClFN4O3.C33H35ClFN3O3.C32H33ClFN3O4/c1-37-17-19-38(20-18-37)15-2-3-21-41-26-9-4-23(5-10-26)32-31-28(29-22-24(34)6-13-30(29)36-31)14-16-39(32)33(40)42-27-11-7-25(35)8-12-27;34-24-8-15-30-29(22-24)28-16-20-38(33(39)41-27-13-9-25(35)10-14-27)32(31(28)36-30)23-6-11-26(12-7-23)40-21-5-4-19-37-17-2-1-3-18-37;33-23-5-12-29-28(21-23)27-13-15-37(32(38)41-26-10-6-24(34)7-11-26)31(30(27)35-29)22-3-8-25(9-4-22)40-18-2-1-14-36-16-19-39-20-17-36/h4-13,22,32,36H,2-3,14-21H2,1H3;6-15,22,32,36H,1-5,16-21H2;3-12,21,31,35H,1-2,13-20H2. The molecular weight excluding hydrogens is 1640 g/mol. The third kappa shape index (κ3) is 21.8. The Morgan fingerprint density at radius 1 is 0.355 bits per heavy atom. The largest absolute Gasteiger partial charge is 0.494 e. The SMILES string of the molecule is CN1CCN(CCCCOc2ccc(C3c4[nH]c5ccc(Cl)cc5c4CCN3C(=O)Oc3ccc(F)cc3)cc2)CC1.O=C(Oc1ccc(F)cc1)N1CCc2c([nH]c3ccc(Cl)cc23)C1c1ccc(OCCCCN2CCCCC2)cc1.O=C(Oc1ccc(F)cc1)N1CCc2c([nH]c3ccc(Cl)cc23)C1c1ccc(OCCCCN2CCOCC2)cc1. The van der Waals surface area contributed by atoms with Crippen LogP contribution in [-0.2, 0) is 24.0 Å². The number of likely N-dealkylation sites (tertiary alicyclic amines) is 1. The van der Waals surface area contributed by atoms with Crippen molar-refractivity contribution in [3.8, 4) is 34.5 Å². The average Bonchev–Trinajstić information content (AvgIpc) is 1.59. The van der Waals surface area contributed by atoms with Crippen molar-refractivity contribution in [1.29, 1.82) is 0 Å². The van der Waals surface area contributed by atoms with Crippen LogP contribution in [0.3, 0.4) is 0 Å². The van der Waals surface area contributed by atoms with Crippen LogP contribution in [0.4, 0.5) is 27.6 Å². The van der Waals surface area contributed by atoms with Gasteiger partial charge >= 0.3 is 18.3 Å². The number of nitrogens with one attached hydrogen (secondary N) is 3. The first-order chi connectivity index (χ1) is 60.5. The van der Waals surface area contributed by atoms with E-state index in [1.807, 2.05) is 127 Å². The molecule has 0 saturated carbocycles. The Labute approximate surface area is 735 Å². The number of rotatable bonds is 24. The highest BCUT2D eigenvalue weighted by molar-refractivity contribution is 6.32. The minimum Gasteiger partial charge on any atom is -0.494 e. The van der Waals surface area contributed by atoms with E-state index in [1.165, 1.54) is 105 Å². The number of hydrogen-bond acceptors (Lipinski definition) is 14. The molecule has 3 fully saturated rings. The first kappa shape index (κ1) is 86.8. The summed E-state index contributed by atoms with van der Waals surface area (Å²) in [4.78, 5) is 66.0. The molecule has 0 aliphatic carbocycles. The number of fused-ring (bicyclic) bond motifs is 9. The van der Waals surface area contributed by atoms with Crippen LogP contribution in [-0.4, -0.2) is 199 Å². The summed E-state index contributed by atoms with van der Waals surface area (Å²) < 4.78 is 80.8. The van der Waals surface area contributed by atoms with E-state index in [0.717, 1.165) is 211 Å². The summed E-state index contributed by atoms with van der Waals surface area (Å²) in [7, 11) is 2.18. The zero-order chi connectivity index (χ0) is 85.4. The number of H-pyrrole nitrogens is 3. The van der Waals surface area contributed by atoms with E-state index >= 15 is 0 Å². The molecule has 3 N–H and O–H groups in total. The topological polar surface area (TPSA) is 186 Å². The second kappa shape index (κ2) is 41.4. The predicted molar refractivity (Wildman–Crippen MR) is 479 cm³/mol. The number of piperidine rings is 1. The van der Waals surface area contributed by atoms with E-state index in [2.05, 4.69) is 41.6 Å². The van der Waals surface area contributed by atoms with Gasteiger partial charge in [0.25, 0.3) is 0 Å². The first-order valence-corrected chi connectivity index (χ1v) is 44.4. The smallest absolute Gasteiger partial charge is 0.416 e. The van der Waals surface area contributed by atoms with Crippen LogP contribution < -0.4 is 28.4 Å². The molecule has 6 aliphatic heterocycles. The lowest BCUT2D eigenvalue weighted by Crippen LogP contribution is -2.44. The van der Waals surface area contributed by atoms with E-state index in [4.69, 9.17) is 68.0 Å². The monoisotopic (exact) mass is 1740 g/mol. The van der Waals surface area contributed by atoms with Crippen LogP contribution in [0.25, 0.3) is 32.7 Å². The Morgan fingerprint density at radius 2 is 0.653 bits per heavy atom. The normalized spacial score (nSPS) is 17.5. The number of halogens is 6. The lowest BCUT2D eigenvalue weighted by molar-refractivity contribution is 0.0368. The summed E-state index contributed by atoms with van der Waals surface area (Å²) in [6.45, 7) is 17.3. The van der Waals surface area contributed by atoms with Crippen molar-refractivity contribution in [1.82, 2.24) is 49.3 Å². The van der Waals surface area contributed by atoms with Crippen molar-refractivity contribution in [2.75, 3.05) is 132 Å². The highest BCUT2D eigenvalue weighted by Crippen LogP contribution is 2.44. The zero-order valence-electron chi connectivity index (χ0n) is 69.7. The van der Waals surface area contributed by atoms with E-state index in [9.17, 15) is 27.6 Å². The number of carbonyl (C=O) groups excluding carboxylic acids is 3. The maximum Gasteiger partial charge on any atom is 0.416 e. The Kier molecular flexibility index (Phi) is 29.0. The van der Waals surface area contributed by atoms with Gasteiger partial charge in [-0.2, -0.15) is 0 Å². The van der Waals surface area contributed by atoms with Gasteiger partial charge in [-0.05, 0) is 308 Å². The molecule has 9 aromatic carbocycles. The number of carbonyl (C=O) groups is 3. The van der Waals surface area contributed by atoms with E-state index < -0.39 is 36.4 Å². The average molecular weight is 1750 g/mol. The maximum absolute atomic E-state index is 13.5. The minimum atomic E-state index is -0.496. The Balaban J connectivity index is 0.000000137. The first-order valence-electron chi connectivity index (χ1n) is 43.3. The molecule has 3 saturated heterocycles. The van der Waals surface area contributed by atoms with E-state index in [1.54, 1.807) is 14.7 Å². The van der Waals surface area contributed by atoms with Crippen molar-refractivity contribution in [2.24, 2.45) is 0 Å². The van der Waals surface area contributed by atoms with Gasteiger partial charge in [0, 0.05) is 124 Å². The fraction of sp³-hybridized carbons (Fsp3) is 0.357. The molecule has 18 rings (SSSR count). The van der Waals surface area contributed by atoms with Crippen molar-refractivity contribution < 1.29 is 60.7 Å². The van der Waals surface area contributed by atoms with Gasteiger partial charge in [-0.1, -0.05) is 77.6 Å². The van der Waals surface area contributed by atoms with Gasteiger partial charge in [0.2, 0.25) is 0 Å². The zero-order valence-corrected chi connectivity index (χ0v) is 72.0. The number of hydrogen-bond donors (Lipinski definition) is 3. The molecule has 9 heterocycles. The Morgan fingerprint density at radius 3 is 0.976 bits per heavy atom. The molecule has 124 heavy (non-hydrogen) atoms. The van der Waals surface area contributed by atoms with E-state index in [-0.39, 0.29) is 17.5 Å². The summed E-state index contributed by atoms with van der Waals surface area (Å²) in [6.07, 6.45) is 10.8. The molecular formula is C98H104Cl3F3N10O10. The van der Waals surface area contributed by atoms with Gasteiger partial charge < -0.3 is 62.8 Å². The maximum atomic E-state index is 13.5. The fourth-order valence-electron chi connectivity index (χ4n) is 17.6. The Bertz CT molecular complexity index is 5340. The molecule has 0 bridgehead atoms. The number of morpholine rings is 1. The van der Waals surface area contributed by atoms with Crippen LogP contribution in [0.2, 0.25) is 15.1 Å². The quantitative estimate of drug-likeness (QED) is 0.0485. The molecule has 3 atom stereocenters. The lowest BCUT2D eigenvalue weighted by atomic mass is 9.92. The van der Waals surface area contributed by atoms with Crippen molar-refractivity contribution in [3.05, 3.63) is 283 Å². The highest BCUT2D eigenvalue weighted by Gasteiger charge is 2.40. The number of ether oxygens (including phenoxy) is 7. The van der Waals surface area contributed by atoms with Crippen molar-refractivity contribution in [3.63, 3.8) is 0 Å². The van der Waals surface area contributed by atoms with Crippen LogP contribution in [0.5, 0.6) is 34.5 Å². The Hall–Kier alpha value is -10.7. The predicted octanol–water partition coefficient (Wildman–Crippen LogP) is 20.9. The number of piperazine rings is 1. The number of aromatic amines is 3. The molecule has 0 spiro atoms. The minimum absolute atomic E-state index is 0.293. The van der Waals surface area contributed by atoms with Gasteiger partial charge in [0.15, 0.2) is 0 Å². The highest BCUT2D eigenvalue weighted by atomic mass is 35.5. The van der Waals surface area contributed by atoms with Gasteiger partial charge in [0.05, 0.1) is 33.0 Å². The molecule has 3 unspecified atom stereocenters. The fourth-order valence-corrected chi connectivity index (χ4v) is 18.1. The number of unbranched alkanes of at least 4 members (excludes halogenated alkanes) is 3. The van der Waals surface area contributed by atoms with Crippen LogP contribution in [0.1, 0.15) is 126 Å². The van der Waals surface area contributed by atoms with Crippen LogP contribution in [0, 0.1) is 17.5 Å². The summed E-state index contributed by atoms with van der Waals surface area (Å²) >= 11 is 19.0. The second-order valence-corrected chi connectivity index (χ2v) is 33.8. The number of likely N-dealkylation sites (N-methyl/N-ethyl adjacent to an activating group) is 1. The van der Waals surface area contributed by atoms with Gasteiger partial charge in [-0.15, -0.1) is 0 Å². The van der Waals surface area contributed by atoms with Crippen molar-refractivity contribution in [2.45, 2.75) is 95.2 Å². The van der Waals surface area contributed by atoms with Gasteiger partial charge in [0.1, 0.15) is 70.1 Å². The second-order valence-electron chi connectivity index (χ2n) is 32.5. The van der Waals surface area contributed by atoms with Crippen LogP contribution >= 0.6 is 34.8 Å². The number of nitrogens with zero attached hydrogens (tertiary/aromatic N) is 7. The molecule has 12 aromatic rings. The number of aromatic nitrogens is 3. The summed E-state index contributed by atoms with van der Waals surface area (Å²) in [6, 6.07) is 56.4. The van der Waals surface area contributed by atoms with Crippen LogP contribution in [0.15, 0.2) is 200 Å². The third-order valence-electron chi connectivity index (χ3n) is 24.2. The molecule has 6 aliphatic rings.